The zero-order valence-electron chi connectivity index (χ0n) is 15.6. The third kappa shape index (κ3) is 4.28. The smallest absolute Gasteiger partial charge is 0.290 e. The van der Waals surface area contributed by atoms with E-state index in [1.54, 1.807) is 25.1 Å². The zero-order valence-corrected chi connectivity index (χ0v) is 16.4. The van der Waals surface area contributed by atoms with Crippen LogP contribution in [0.3, 0.4) is 0 Å². The molecule has 1 atom stereocenters. The Balaban J connectivity index is 1.74. The van der Waals surface area contributed by atoms with Crippen molar-refractivity contribution in [2.45, 2.75) is 26.3 Å². The standard InChI is InChI=1S/C20H21FN4O2S/c1-12-7-8-18(28-12)17-11-16(22)20(27)25(24-17)13(2)19(26)23-10-9-14-5-3-4-6-15(14)21/h3-8,11,13H,9-10,22H2,1-2H3,(H,23,26)/t13-/m1/s1. The number of anilines is 1. The molecule has 0 aliphatic rings. The van der Waals surface area contributed by atoms with E-state index < -0.39 is 11.6 Å². The Bertz CT molecular complexity index is 1060. The second-order valence-corrected chi connectivity index (χ2v) is 7.74. The van der Waals surface area contributed by atoms with Gasteiger partial charge < -0.3 is 11.1 Å². The van der Waals surface area contributed by atoms with Gasteiger partial charge in [-0.05, 0) is 50.1 Å². The molecule has 0 fully saturated rings. The molecule has 1 amide bonds. The van der Waals surface area contributed by atoms with Gasteiger partial charge in [-0.1, -0.05) is 18.2 Å². The van der Waals surface area contributed by atoms with Crippen LogP contribution in [-0.2, 0) is 11.2 Å². The molecule has 0 bridgehead atoms. The maximum atomic E-state index is 13.7. The summed E-state index contributed by atoms with van der Waals surface area (Å²) in [6.07, 6.45) is 0.351. The summed E-state index contributed by atoms with van der Waals surface area (Å²) in [5.74, 6) is -0.695. The molecule has 2 aromatic heterocycles. The zero-order chi connectivity index (χ0) is 20.3. The summed E-state index contributed by atoms with van der Waals surface area (Å²) in [6, 6.07) is 10.9. The van der Waals surface area contributed by atoms with Crippen LogP contribution < -0.4 is 16.6 Å². The van der Waals surface area contributed by atoms with Gasteiger partial charge in [-0.15, -0.1) is 11.3 Å². The third-order valence-electron chi connectivity index (χ3n) is 4.35. The molecular formula is C20H21FN4O2S. The molecule has 6 nitrogen and oxygen atoms in total. The van der Waals surface area contributed by atoms with E-state index in [0.717, 1.165) is 14.4 Å². The lowest BCUT2D eigenvalue weighted by atomic mass is 10.1. The van der Waals surface area contributed by atoms with Crippen LogP contribution in [0.25, 0.3) is 10.6 Å². The molecule has 28 heavy (non-hydrogen) atoms. The molecule has 3 rings (SSSR count). The second kappa shape index (κ2) is 8.35. The first-order chi connectivity index (χ1) is 13.4. The van der Waals surface area contributed by atoms with Crippen molar-refractivity contribution in [2.75, 3.05) is 12.3 Å². The Hall–Kier alpha value is -3.00. The largest absolute Gasteiger partial charge is 0.394 e. The Morgan fingerprint density at radius 2 is 2.07 bits per heavy atom. The number of halogens is 1. The van der Waals surface area contributed by atoms with Crippen molar-refractivity contribution in [1.82, 2.24) is 15.1 Å². The van der Waals surface area contributed by atoms with Crippen LogP contribution in [0.1, 0.15) is 23.4 Å². The topological polar surface area (TPSA) is 90.0 Å². The summed E-state index contributed by atoms with van der Waals surface area (Å²) < 4.78 is 14.8. The minimum absolute atomic E-state index is 0.0297. The number of aromatic nitrogens is 2. The van der Waals surface area contributed by atoms with Crippen LogP contribution in [0.5, 0.6) is 0 Å². The summed E-state index contributed by atoms with van der Waals surface area (Å²) in [5, 5.41) is 7.05. The van der Waals surface area contributed by atoms with Gasteiger partial charge in [-0.3, -0.25) is 9.59 Å². The number of thiophene rings is 1. The average molecular weight is 400 g/mol. The number of amides is 1. The molecule has 3 N–H and O–H groups in total. The Labute approximate surface area is 165 Å². The van der Waals surface area contributed by atoms with Crippen molar-refractivity contribution in [3.63, 3.8) is 0 Å². The highest BCUT2D eigenvalue weighted by molar-refractivity contribution is 7.15. The maximum absolute atomic E-state index is 13.7. The first-order valence-corrected chi connectivity index (χ1v) is 9.65. The van der Waals surface area contributed by atoms with Crippen LogP contribution in [0, 0.1) is 12.7 Å². The molecule has 0 saturated carbocycles. The van der Waals surface area contributed by atoms with Gasteiger partial charge in [0.1, 0.15) is 23.2 Å². The van der Waals surface area contributed by atoms with Crippen molar-refractivity contribution >= 4 is 22.9 Å². The summed E-state index contributed by atoms with van der Waals surface area (Å²) in [5.41, 5.74) is 6.43. The number of nitrogen functional groups attached to an aromatic ring is 1. The number of nitrogens with two attached hydrogens (primary N) is 1. The first-order valence-electron chi connectivity index (χ1n) is 8.84. The van der Waals surface area contributed by atoms with E-state index in [2.05, 4.69) is 10.4 Å². The summed E-state index contributed by atoms with van der Waals surface area (Å²) in [7, 11) is 0. The molecule has 2 heterocycles. The van der Waals surface area contributed by atoms with Gasteiger partial charge in [0.15, 0.2) is 0 Å². The number of hydrogen-bond acceptors (Lipinski definition) is 5. The van der Waals surface area contributed by atoms with E-state index in [4.69, 9.17) is 5.73 Å². The molecule has 0 radical (unpaired) electrons. The van der Waals surface area contributed by atoms with Gasteiger partial charge in [-0.25, -0.2) is 9.07 Å². The van der Waals surface area contributed by atoms with E-state index in [1.165, 1.54) is 23.5 Å². The number of rotatable bonds is 6. The van der Waals surface area contributed by atoms with Crippen molar-refractivity contribution < 1.29 is 9.18 Å². The molecule has 0 unspecified atom stereocenters. The predicted octanol–water partition coefficient (Wildman–Crippen LogP) is 2.92. The monoisotopic (exact) mass is 400 g/mol. The van der Waals surface area contributed by atoms with Crippen LogP contribution in [0.15, 0.2) is 47.3 Å². The molecule has 3 aromatic rings. The normalized spacial score (nSPS) is 12.0. The van der Waals surface area contributed by atoms with Crippen LogP contribution >= 0.6 is 11.3 Å². The summed E-state index contributed by atoms with van der Waals surface area (Å²) >= 11 is 1.53. The van der Waals surface area contributed by atoms with Crippen LogP contribution in [0.2, 0.25) is 0 Å². The van der Waals surface area contributed by atoms with Crippen molar-refractivity contribution in [2.24, 2.45) is 0 Å². The fourth-order valence-electron chi connectivity index (χ4n) is 2.77. The Morgan fingerprint density at radius 3 is 2.75 bits per heavy atom. The van der Waals surface area contributed by atoms with E-state index in [0.29, 0.717) is 17.7 Å². The number of nitrogens with zero attached hydrogens (tertiary/aromatic N) is 2. The third-order valence-corrected chi connectivity index (χ3v) is 5.38. The van der Waals surface area contributed by atoms with Crippen molar-refractivity contribution in [3.8, 4) is 10.6 Å². The number of carbonyl (C=O) groups is 1. The minimum atomic E-state index is -0.851. The highest BCUT2D eigenvalue weighted by Gasteiger charge is 2.20. The Kier molecular flexibility index (Phi) is 5.89. The van der Waals surface area contributed by atoms with Gasteiger partial charge in [0.2, 0.25) is 5.91 Å². The molecule has 0 spiro atoms. The van der Waals surface area contributed by atoms with Gasteiger partial charge in [-0.2, -0.15) is 5.10 Å². The molecule has 8 heteroatoms. The molecular weight excluding hydrogens is 379 g/mol. The van der Waals surface area contributed by atoms with Crippen molar-refractivity contribution in [3.05, 3.63) is 69.1 Å². The number of aryl methyl sites for hydroxylation is 1. The number of nitrogens with one attached hydrogen (secondary N) is 1. The second-order valence-electron chi connectivity index (χ2n) is 6.45. The molecule has 1 aromatic carbocycles. The molecule has 146 valence electrons. The lowest BCUT2D eigenvalue weighted by Gasteiger charge is -2.15. The van der Waals surface area contributed by atoms with Gasteiger partial charge in [0.05, 0.1) is 4.88 Å². The number of hydrogen-bond donors (Lipinski definition) is 2. The quantitative estimate of drug-likeness (QED) is 0.666. The fourth-order valence-corrected chi connectivity index (χ4v) is 3.59. The lowest BCUT2D eigenvalue weighted by molar-refractivity contribution is -0.124. The molecule has 0 aliphatic heterocycles. The molecule has 0 aliphatic carbocycles. The van der Waals surface area contributed by atoms with Gasteiger partial charge in [0, 0.05) is 11.4 Å². The number of carbonyl (C=O) groups excluding carboxylic acids is 1. The first kappa shape index (κ1) is 19.8. The highest BCUT2D eigenvalue weighted by Crippen LogP contribution is 2.26. The van der Waals surface area contributed by atoms with Crippen LogP contribution in [-0.4, -0.2) is 22.2 Å². The highest BCUT2D eigenvalue weighted by atomic mass is 32.1. The maximum Gasteiger partial charge on any atom is 0.290 e. The SMILES string of the molecule is Cc1ccc(-c2cc(N)c(=O)n([C@H](C)C(=O)NCCc3ccccc3F)n2)s1. The van der Waals surface area contributed by atoms with E-state index in [1.807, 2.05) is 19.1 Å². The Morgan fingerprint density at radius 1 is 1.32 bits per heavy atom. The average Bonchev–Trinajstić information content (AvgIpc) is 3.11. The minimum Gasteiger partial charge on any atom is -0.394 e. The van der Waals surface area contributed by atoms with Crippen molar-refractivity contribution in [1.29, 1.82) is 0 Å². The predicted molar refractivity (Wildman–Crippen MR) is 109 cm³/mol. The van der Waals surface area contributed by atoms with Gasteiger partial charge >= 0.3 is 0 Å². The molecule has 0 saturated heterocycles. The van der Waals surface area contributed by atoms with E-state index in [9.17, 15) is 14.0 Å². The van der Waals surface area contributed by atoms with E-state index in [-0.39, 0.29) is 24.0 Å². The summed E-state index contributed by atoms with van der Waals surface area (Å²) in [4.78, 5) is 26.9. The number of benzene rings is 1. The lowest BCUT2D eigenvalue weighted by Crippen LogP contribution is -2.38. The fraction of sp³-hybridized carbons (Fsp3) is 0.250. The summed E-state index contributed by atoms with van der Waals surface area (Å²) in [6.45, 7) is 3.80. The van der Waals surface area contributed by atoms with Crippen LogP contribution in [0.4, 0.5) is 10.1 Å². The van der Waals surface area contributed by atoms with E-state index >= 15 is 0 Å². The van der Waals surface area contributed by atoms with Gasteiger partial charge in [0.25, 0.3) is 5.56 Å².